The van der Waals surface area contributed by atoms with Crippen molar-refractivity contribution in [1.29, 1.82) is 0 Å². The minimum Gasteiger partial charge on any atom is -0.367 e. The number of hydrogen-bond acceptors (Lipinski definition) is 6. The molecule has 1 unspecified atom stereocenters. The number of nitrogens with zero attached hydrogens (tertiary/aromatic N) is 1. The zero-order valence-electron chi connectivity index (χ0n) is 14.0. The topological polar surface area (TPSA) is 100 Å². The highest BCUT2D eigenvalue weighted by Crippen LogP contribution is 2.21. The van der Waals surface area contributed by atoms with E-state index in [0.717, 1.165) is 0 Å². The summed E-state index contributed by atoms with van der Waals surface area (Å²) in [5, 5.41) is 6.50. The smallest absolute Gasteiger partial charge is 0.238 e. The summed E-state index contributed by atoms with van der Waals surface area (Å²) in [4.78, 5) is 16.3. The van der Waals surface area contributed by atoms with Crippen LogP contribution in [0.25, 0.3) is 0 Å². The fraction of sp³-hybridized carbons (Fsp3) is 0.571. The van der Waals surface area contributed by atoms with Crippen molar-refractivity contribution in [2.75, 3.05) is 36.2 Å². The lowest BCUT2D eigenvalue weighted by Crippen LogP contribution is -2.48. The van der Waals surface area contributed by atoms with Gasteiger partial charge >= 0.3 is 0 Å². The summed E-state index contributed by atoms with van der Waals surface area (Å²) in [7, 11) is -3.45. The Bertz CT molecular complexity index is 674. The SMILES string of the molecule is CCS(=O)(=O)NC(CCSC)C(=O)NCCNc1ncc(Cl)cc1Cl. The summed E-state index contributed by atoms with van der Waals surface area (Å²) in [5.41, 5.74) is 0. The Balaban J connectivity index is 2.50. The lowest BCUT2D eigenvalue weighted by Gasteiger charge is -2.18. The molecule has 0 aliphatic heterocycles. The number of carbonyl (C=O) groups excluding carboxylic acids is 1. The Kier molecular flexibility index (Phi) is 9.88. The van der Waals surface area contributed by atoms with Crippen molar-refractivity contribution < 1.29 is 13.2 Å². The molecule has 0 spiro atoms. The van der Waals surface area contributed by atoms with E-state index in [9.17, 15) is 13.2 Å². The van der Waals surface area contributed by atoms with E-state index in [4.69, 9.17) is 23.2 Å². The van der Waals surface area contributed by atoms with Crippen molar-refractivity contribution in [1.82, 2.24) is 15.0 Å². The summed E-state index contributed by atoms with van der Waals surface area (Å²) >= 11 is 13.3. The second kappa shape index (κ2) is 11.1. The average molecular weight is 429 g/mol. The number of hydrogen-bond donors (Lipinski definition) is 3. The van der Waals surface area contributed by atoms with Crippen molar-refractivity contribution in [3.05, 3.63) is 22.3 Å². The third kappa shape index (κ3) is 8.46. The summed E-state index contributed by atoms with van der Waals surface area (Å²) in [6, 6.07) is 0.782. The molecule has 1 atom stereocenters. The molecule has 3 N–H and O–H groups in total. The molecule has 7 nitrogen and oxygen atoms in total. The maximum atomic E-state index is 12.2. The first-order chi connectivity index (χ1) is 11.8. The normalized spacial score (nSPS) is 12.6. The first-order valence-electron chi connectivity index (χ1n) is 7.60. The molecule has 25 heavy (non-hydrogen) atoms. The van der Waals surface area contributed by atoms with Gasteiger partial charge in [-0.2, -0.15) is 11.8 Å². The van der Waals surface area contributed by atoms with Crippen LogP contribution in [0.2, 0.25) is 10.0 Å². The van der Waals surface area contributed by atoms with Crippen LogP contribution in [0, 0.1) is 0 Å². The van der Waals surface area contributed by atoms with E-state index < -0.39 is 16.1 Å². The minimum atomic E-state index is -3.45. The molecule has 1 heterocycles. The van der Waals surface area contributed by atoms with Gasteiger partial charge in [-0.05, 0) is 31.4 Å². The van der Waals surface area contributed by atoms with Crippen molar-refractivity contribution in [2.45, 2.75) is 19.4 Å². The molecule has 0 bridgehead atoms. The van der Waals surface area contributed by atoms with Gasteiger partial charge in [0, 0.05) is 19.3 Å². The Labute approximate surface area is 162 Å². The lowest BCUT2D eigenvalue weighted by molar-refractivity contribution is -0.122. The van der Waals surface area contributed by atoms with Crippen LogP contribution in [0.15, 0.2) is 12.3 Å². The van der Waals surface area contributed by atoms with Crippen LogP contribution in [0.3, 0.4) is 0 Å². The van der Waals surface area contributed by atoms with E-state index in [2.05, 4.69) is 20.3 Å². The van der Waals surface area contributed by atoms with E-state index in [-0.39, 0.29) is 11.7 Å². The third-order valence-electron chi connectivity index (χ3n) is 3.15. The number of halogens is 2. The number of rotatable bonds is 11. The van der Waals surface area contributed by atoms with Crippen molar-refractivity contribution in [3.63, 3.8) is 0 Å². The molecule has 0 aromatic carbocycles. The van der Waals surface area contributed by atoms with E-state index in [1.807, 2.05) is 6.26 Å². The highest BCUT2D eigenvalue weighted by atomic mass is 35.5. The van der Waals surface area contributed by atoms with Gasteiger partial charge in [-0.15, -0.1) is 0 Å². The molecule has 0 radical (unpaired) electrons. The average Bonchev–Trinajstić information content (AvgIpc) is 2.56. The number of aromatic nitrogens is 1. The fourth-order valence-electron chi connectivity index (χ4n) is 1.81. The number of thioether (sulfide) groups is 1. The Morgan fingerprint density at radius 3 is 2.68 bits per heavy atom. The second-order valence-electron chi connectivity index (χ2n) is 5.06. The number of amides is 1. The van der Waals surface area contributed by atoms with E-state index >= 15 is 0 Å². The largest absolute Gasteiger partial charge is 0.367 e. The van der Waals surface area contributed by atoms with Gasteiger partial charge < -0.3 is 10.6 Å². The highest BCUT2D eigenvalue weighted by Gasteiger charge is 2.22. The van der Waals surface area contributed by atoms with Gasteiger partial charge in [-0.25, -0.2) is 18.1 Å². The highest BCUT2D eigenvalue weighted by molar-refractivity contribution is 7.98. The molecule has 142 valence electrons. The molecular formula is C14H22Cl2N4O3S2. The molecule has 0 saturated carbocycles. The van der Waals surface area contributed by atoms with Gasteiger partial charge in [0.05, 0.1) is 15.8 Å². The molecule has 1 aromatic rings. The van der Waals surface area contributed by atoms with Gasteiger partial charge in [0.15, 0.2) is 0 Å². The Hall–Kier alpha value is -0.740. The predicted octanol–water partition coefficient (Wildman–Crippen LogP) is 1.98. The van der Waals surface area contributed by atoms with Crippen molar-refractivity contribution in [3.8, 4) is 0 Å². The molecule has 1 amide bonds. The van der Waals surface area contributed by atoms with Crippen LogP contribution in [0.1, 0.15) is 13.3 Å². The minimum absolute atomic E-state index is 0.0711. The maximum absolute atomic E-state index is 12.2. The van der Waals surface area contributed by atoms with Crippen LogP contribution >= 0.6 is 35.0 Å². The number of anilines is 1. The summed E-state index contributed by atoms with van der Waals surface area (Å²) in [5.74, 6) is 0.708. The first kappa shape index (κ1) is 22.3. The van der Waals surface area contributed by atoms with E-state index in [1.54, 1.807) is 17.8 Å². The predicted molar refractivity (Wildman–Crippen MR) is 105 cm³/mol. The van der Waals surface area contributed by atoms with Crippen molar-refractivity contribution in [2.24, 2.45) is 0 Å². The lowest BCUT2D eigenvalue weighted by atomic mass is 10.2. The first-order valence-corrected chi connectivity index (χ1v) is 11.4. The number of pyridine rings is 1. The monoisotopic (exact) mass is 428 g/mol. The number of nitrogens with one attached hydrogen (secondary N) is 3. The van der Waals surface area contributed by atoms with Crippen LogP contribution in [-0.2, 0) is 14.8 Å². The number of sulfonamides is 1. The molecular weight excluding hydrogens is 407 g/mol. The van der Waals surface area contributed by atoms with Gasteiger partial charge in [0.2, 0.25) is 15.9 Å². The van der Waals surface area contributed by atoms with Gasteiger partial charge in [0.25, 0.3) is 0 Å². The molecule has 0 aliphatic carbocycles. The zero-order chi connectivity index (χ0) is 18.9. The van der Waals surface area contributed by atoms with Crippen LogP contribution in [0.4, 0.5) is 5.82 Å². The van der Waals surface area contributed by atoms with Gasteiger partial charge in [0.1, 0.15) is 11.9 Å². The quantitative estimate of drug-likeness (QED) is 0.465. The summed E-state index contributed by atoms with van der Waals surface area (Å²) < 4.78 is 25.9. The van der Waals surface area contributed by atoms with Crippen LogP contribution < -0.4 is 15.4 Å². The van der Waals surface area contributed by atoms with Crippen LogP contribution in [0.5, 0.6) is 0 Å². The van der Waals surface area contributed by atoms with Gasteiger partial charge in [-0.1, -0.05) is 23.2 Å². The molecule has 1 rings (SSSR count). The standard InChI is InChI=1S/C14H22Cl2N4O3S2/c1-3-25(22,23)20-12(4-7-24-2)14(21)18-6-5-17-13-11(16)8-10(15)9-19-13/h8-9,12,20H,3-7H2,1-2H3,(H,17,19)(H,18,21). The van der Waals surface area contributed by atoms with E-state index in [1.165, 1.54) is 13.1 Å². The third-order valence-corrected chi connectivity index (χ3v) is 5.70. The maximum Gasteiger partial charge on any atom is 0.238 e. The number of carbonyl (C=O) groups is 1. The van der Waals surface area contributed by atoms with E-state index in [0.29, 0.717) is 41.1 Å². The molecule has 0 saturated heterocycles. The summed E-state index contributed by atoms with van der Waals surface area (Å²) in [6.45, 7) is 2.21. The van der Waals surface area contributed by atoms with Gasteiger partial charge in [-0.3, -0.25) is 4.79 Å². The second-order valence-corrected chi connectivity index (χ2v) is 8.93. The molecule has 1 aromatic heterocycles. The van der Waals surface area contributed by atoms with Crippen molar-refractivity contribution >= 4 is 56.7 Å². The molecule has 11 heteroatoms. The van der Waals surface area contributed by atoms with Crippen LogP contribution in [-0.4, -0.2) is 56.2 Å². The Morgan fingerprint density at radius 1 is 1.36 bits per heavy atom. The zero-order valence-corrected chi connectivity index (χ0v) is 17.2. The molecule has 0 aliphatic rings. The summed E-state index contributed by atoms with van der Waals surface area (Å²) in [6.07, 6.45) is 3.78. The fourth-order valence-corrected chi connectivity index (χ4v) is 3.56. The molecule has 0 fully saturated rings. The Morgan fingerprint density at radius 2 is 2.08 bits per heavy atom.